The molecule has 6 nitrogen and oxygen atoms in total. The molecule has 2 aromatic rings. The van der Waals surface area contributed by atoms with E-state index in [4.69, 9.17) is 0 Å². The number of carbonyl (C=O) groups is 1. The molecule has 23 heavy (non-hydrogen) atoms. The molecule has 0 spiro atoms. The van der Waals surface area contributed by atoms with E-state index in [-0.39, 0.29) is 11.9 Å². The molecule has 6 heteroatoms. The van der Waals surface area contributed by atoms with Gasteiger partial charge < -0.3 is 10.6 Å². The van der Waals surface area contributed by atoms with Crippen LogP contribution in [0.2, 0.25) is 0 Å². The minimum absolute atomic E-state index is 0.0513. The molecule has 0 aliphatic carbocycles. The van der Waals surface area contributed by atoms with Crippen molar-refractivity contribution in [2.75, 3.05) is 13.1 Å². The second kappa shape index (κ2) is 6.91. The molecule has 2 atom stereocenters. The SMILES string of the molecule is CCc1c(C(=O)NC2CNCCC2C)cnn1-c1ccccn1. The average molecular weight is 313 g/mol. The molecule has 1 fully saturated rings. The third-order valence-electron chi connectivity index (χ3n) is 4.46. The molecular weight excluding hydrogens is 290 g/mol. The van der Waals surface area contributed by atoms with E-state index in [0.29, 0.717) is 11.5 Å². The fourth-order valence-electron chi connectivity index (χ4n) is 3.01. The number of aromatic nitrogens is 3. The van der Waals surface area contributed by atoms with Crippen LogP contribution in [-0.4, -0.2) is 39.8 Å². The fraction of sp³-hybridized carbons (Fsp3) is 0.471. The fourth-order valence-corrected chi connectivity index (χ4v) is 3.01. The van der Waals surface area contributed by atoms with Crippen molar-refractivity contribution in [3.63, 3.8) is 0 Å². The van der Waals surface area contributed by atoms with Crippen molar-refractivity contribution in [2.45, 2.75) is 32.7 Å². The maximum absolute atomic E-state index is 12.7. The first-order valence-corrected chi connectivity index (χ1v) is 8.20. The van der Waals surface area contributed by atoms with Gasteiger partial charge in [-0.25, -0.2) is 9.67 Å². The summed E-state index contributed by atoms with van der Waals surface area (Å²) >= 11 is 0. The van der Waals surface area contributed by atoms with Crippen LogP contribution in [0.25, 0.3) is 5.82 Å². The molecule has 0 bridgehead atoms. The third kappa shape index (κ3) is 3.27. The molecule has 2 unspecified atom stereocenters. The Morgan fingerprint density at radius 1 is 1.48 bits per heavy atom. The summed E-state index contributed by atoms with van der Waals surface area (Å²) < 4.78 is 1.75. The molecule has 0 saturated carbocycles. The summed E-state index contributed by atoms with van der Waals surface area (Å²) in [7, 11) is 0. The van der Waals surface area contributed by atoms with Gasteiger partial charge in [0.1, 0.15) is 0 Å². The molecule has 1 aliphatic heterocycles. The maximum Gasteiger partial charge on any atom is 0.255 e. The topological polar surface area (TPSA) is 71.8 Å². The first-order valence-electron chi connectivity index (χ1n) is 8.20. The highest BCUT2D eigenvalue weighted by molar-refractivity contribution is 5.95. The minimum atomic E-state index is -0.0513. The first kappa shape index (κ1) is 15.7. The average Bonchev–Trinajstić information content (AvgIpc) is 3.02. The Hall–Kier alpha value is -2.21. The van der Waals surface area contributed by atoms with Gasteiger partial charge in [-0.1, -0.05) is 19.9 Å². The van der Waals surface area contributed by atoms with Crippen molar-refractivity contribution in [1.29, 1.82) is 0 Å². The Balaban J connectivity index is 1.82. The van der Waals surface area contributed by atoms with Crippen LogP contribution in [-0.2, 0) is 6.42 Å². The number of amides is 1. The molecule has 2 N–H and O–H groups in total. The maximum atomic E-state index is 12.7. The van der Waals surface area contributed by atoms with Gasteiger partial charge in [-0.05, 0) is 37.4 Å². The molecule has 3 heterocycles. The van der Waals surface area contributed by atoms with Crippen LogP contribution in [0.1, 0.15) is 36.3 Å². The van der Waals surface area contributed by atoms with Crippen LogP contribution in [0, 0.1) is 5.92 Å². The summed E-state index contributed by atoms with van der Waals surface area (Å²) in [6, 6.07) is 5.84. The largest absolute Gasteiger partial charge is 0.348 e. The monoisotopic (exact) mass is 313 g/mol. The number of carbonyl (C=O) groups excluding carboxylic acids is 1. The van der Waals surface area contributed by atoms with Crippen molar-refractivity contribution in [1.82, 2.24) is 25.4 Å². The zero-order valence-electron chi connectivity index (χ0n) is 13.6. The summed E-state index contributed by atoms with van der Waals surface area (Å²) in [4.78, 5) is 17.0. The van der Waals surface area contributed by atoms with E-state index in [0.717, 1.165) is 37.4 Å². The molecule has 1 aliphatic rings. The number of hydrogen-bond acceptors (Lipinski definition) is 4. The number of hydrogen-bond donors (Lipinski definition) is 2. The van der Waals surface area contributed by atoms with Crippen LogP contribution in [0.15, 0.2) is 30.6 Å². The van der Waals surface area contributed by atoms with E-state index in [9.17, 15) is 4.79 Å². The van der Waals surface area contributed by atoms with E-state index in [1.165, 1.54) is 0 Å². The lowest BCUT2D eigenvalue weighted by Gasteiger charge is -2.30. The highest BCUT2D eigenvalue weighted by atomic mass is 16.1. The van der Waals surface area contributed by atoms with E-state index in [1.54, 1.807) is 17.1 Å². The Morgan fingerprint density at radius 2 is 2.35 bits per heavy atom. The van der Waals surface area contributed by atoms with E-state index in [1.807, 2.05) is 25.1 Å². The lowest BCUT2D eigenvalue weighted by molar-refractivity contribution is 0.0914. The molecule has 1 saturated heterocycles. The van der Waals surface area contributed by atoms with Gasteiger partial charge in [-0.15, -0.1) is 0 Å². The summed E-state index contributed by atoms with van der Waals surface area (Å²) in [5.41, 5.74) is 1.52. The molecule has 2 aromatic heterocycles. The second-order valence-corrected chi connectivity index (χ2v) is 6.01. The van der Waals surface area contributed by atoms with Crippen molar-refractivity contribution in [3.05, 3.63) is 41.9 Å². The van der Waals surface area contributed by atoms with Crippen LogP contribution in [0.5, 0.6) is 0 Å². The lowest BCUT2D eigenvalue weighted by atomic mass is 9.94. The predicted molar refractivity (Wildman–Crippen MR) is 88.6 cm³/mol. The van der Waals surface area contributed by atoms with Gasteiger partial charge in [0.05, 0.1) is 17.5 Å². The standard InChI is InChI=1S/C17H23N5O/c1-3-15-13(10-20-22(15)16-6-4-5-8-19-16)17(23)21-14-11-18-9-7-12(14)2/h4-6,8,10,12,14,18H,3,7,9,11H2,1-2H3,(H,21,23). The number of nitrogens with one attached hydrogen (secondary N) is 2. The molecule has 122 valence electrons. The highest BCUT2D eigenvalue weighted by Crippen LogP contribution is 2.16. The van der Waals surface area contributed by atoms with Gasteiger partial charge in [0.25, 0.3) is 5.91 Å². The van der Waals surface area contributed by atoms with Gasteiger partial charge in [0.2, 0.25) is 0 Å². The number of rotatable bonds is 4. The zero-order valence-corrected chi connectivity index (χ0v) is 13.6. The van der Waals surface area contributed by atoms with Gasteiger partial charge in [0, 0.05) is 18.8 Å². The normalized spacial score (nSPS) is 21.1. The predicted octanol–water partition coefficient (Wildman–Crippen LogP) is 1.56. The molecule has 0 aromatic carbocycles. The zero-order chi connectivity index (χ0) is 16.2. The Bertz CT molecular complexity index is 667. The van der Waals surface area contributed by atoms with Crippen molar-refractivity contribution >= 4 is 5.91 Å². The Kier molecular flexibility index (Phi) is 4.71. The number of pyridine rings is 1. The summed E-state index contributed by atoms with van der Waals surface area (Å²) in [5.74, 6) is 1.16. The number of piperidine rings is 1. The van der Waals surface area contributed by atoms with Crippen molar-refractivity contribution < 1.29 is 4.79 Å². The first-order chi connectivity index (χ1) is 11.2. The van der Waals surface area contributed by atoms with E-state index >= 15 is 0 Å². The quantitative estimate of drug-likeness (QED) is 0.898. The van der Waals surface area contributed by atoms with Crippen LogP contribution < -0.4 is 10.6 Å². The molecule has 0 radical (unpaired) electrons. The van der Waals surface area contributed by atoms with Crippen LogP contribution >= 0.6 is 0 Å². The van der Waals surface area contributed by atoms with Crippen molar-refractivity contribution in [3.8, 4) is 5.82 Å². The summed E-state index contributed by atoms with van der Waals surface area (Å²) in [6.07, 6.45) is 5.17. The summed E-state index contributed by atoms with van der Waals surface area (Å²) in [5, 5.41) is 10.9. The van der Waals surface area contributed by atoms with Crippen LogP contribution in [0.3, 0.4) is 0 Å². The van der Waals surface area contributed by atoms with E-state index < -0.39 is 0 Å². The number of nitrogens with zero attached hydrogens (tertiary/aromatic N) is 3. The minimum Gasteiger partial charge on any atom is -0.348 e. The highest BCUT2D eigenvalue weighted by Gasteiger charge is 2.25. The van der Waals surface area contributed by atoms with Gasteiger partial charge in [-0.2, -0.15) is 5.10 Å². The Morgan fingerprint density at radius 3 is 3.04 bits per heavy atom. The molecule has 1 amide bonds. The van der Waals surface area contributed by atoms with Gasteiger partial charge >= 0.3 is 0 Å². The Labute approximate surface area is 136 Å². The van der Waals surface area contributed by atoms with Crippen molar-refractivity contribution in [2.24, 2.45) is 5.92 Å². The summed E-state index contributed by atoms with van der Waals surface area (Å²) in [6.45, 7) is 6.05. The van der Waals surface area contributed by atoms with Gasteiger partial charge in [0.15, 0.2) is 5.82 Å². The van der Waals surface area contributed by atoms with Crippen LogP contribution in [0.4, 0.5) is 0 Å². The second-order valence-electron chi connectivity index (χ2n) is 6.01. The van der Waals surface area contributed by atoms with E-state index in [2.05, 4.69) is 27.6 Å². The molecular formula is C17H23N5O. The van der Waals surface area contributed by atoms with Gasteiger partial charge in [-0.3, -0.25) is 4.79 Å². The lowest BCUT2D eigenvalue weighted by Crippen LogP contribution is -2.50. The third-order valence-corrected chi connectivity index (χ3v) is 4.46. The smallest absolute Gasteiger partial charge is 0.255 e. The molecule has 3 rings (SSSR count).